The van der Waals surface area contributed by atoms with Gasteiger partial charge in [0.2, 0.25) is 0 Å². The lowest BCUT2D eigenvalue weighted by atomic mass is 10.2. The third-order valence-corrected chi connectivity index (χ3v) is 5.34. The minimum Gasteiger partial charge on any atom is -0.452 e. The van der Waals surface area contributed by atoms with Crippen molar-refractivity contribution in [2.45, 2.75) is 4.90 Å². The van der Waals surface area contributed by atoms with Crippen LogP contribution in [-0.2, 0) is 19.4 Å². The van der Waals surface area contributed by atoms with Gasteiger partial charge in [-0.05, 0) is 30.3 Å². The maximum atomic E-state index is 12.0. The van der Waals surface area contributed by atoms with Crippen LogP contribution in [-0.4, -0.2) is 33.2 Å². The predicted octanol–water partition coefficient (Wildman–Crippen LogP) is 3.85. The summed E-state index contributed by atoms with van der Waals surface area (Å²) >= 11 is 17.7. The summed E-state index contributed by atoms with van der Waals surface area (Å²) in [6.45, 7) is -0.614. The van der Waals surface area contributed by atoms with Gasteiger partial charge in [-0.15, -0.1) is 0 Å². The molecule has 0 aliphatic heterocycles. The summed E-state index contributed by atoms with van der Waals surface area (Å²) in [6.07, 6.45) is 0.962. The van der Waals surface area contributed by atoms with Crippen molar-refractivity contribution in [1.82, 2.24) is 0 Å². The number of amides is 1. The maximum Gasteiger partial charge on any atom is 0.338 e. The van der Waals surface area contributed by atoms with E-state index in [0.717, 1.165) is 12.3 Å². The van der Waals surface area contributed by atoms with Crippen LogP contribution < -0.4 is 5.32 Å². The fourth-order valence-electron chi connectivity index (χ4n) is 1.92. The van der Waals surface area contributed by atoms with Crippen LogP contribution in [0.3, 0.4) is 0 Å². The average Bonchev–Trinajstić information content (AvgIpc) is 2.55. The number of carbonyl (C=O) groups is 2. The Balaban J connectivity index is 2.06. The molecular formula is C16H12Cl3NO5S. The molecular weight excluding hydrogens is 425 g/mol. The molecule has 2 rings (SSSR count). The maximum absolute atomic E-state index is 12.0. The molecule has 26 heavy (non-hydrogen) atoms. The topological polar surface area (TPSA) is 89.5 Å². The Labute approximate surface area is 164 Å². The van der Waals surface area contributed by atoms with Gasteiger partial charge in [-0.2, -0.15) is 0 Å². The van der Waals surface area contributed by atoms with Crippen LogP contribution in [0.4, 0.5) is 5.69 Å². The van der Waals surface area contributed by atoms with Crippen LogP contribution in [0.15, 0.2) is 41.3 Å². The molecule has 6 nitrogen and oxygen atoms in total. The second kappa shape index (κ2) is 8.26. The fraction of sp³-hybridized carbons (Fsp3) is 0.125. The summed E-state index contributed by atoms with van der Waals surface area (Å²) in [7, 11) is -3.62. The van der Waals surface area contributed by atoms with E-state index >= 15 is 0 Å². The Kier molecular flexibility index (Phi) is 6.52. The average molecular weight is 437 g/mol. The molecule has 2 aromatic carbocycles. The molecule has 0 aliphatic rings. The number of rotatable bonds is 5. The van der Waals surface area contributed by atoms with Crippen molar-refractivity contribution < 1.29 is 22.7 Å². The van der Waals surface area contributed by atoms with Gasteiger partial charge in [0.1, 0.15) is 0 Å². The van der Waals surface area contributed by atoms with Crippen LogP contribution in [0.5, 0.6) is 0 Å². The Bertz CT molecular complexity index is 956. The second-order valence-electron chi connectivity index (χ2n) is 5.14. The highest BCUT2D eigenvalue weighted by Gasteiger charge is 2.18. The molecule has 0 aliphatic carbocycles. The molecule has 1 amide bonds. The first-order chi connectivity index (χ1) is 12.1. The van der Waals surface area contributed by atoms with Gasteiger partial charge >= 0.3 is 5.97 Å². The molecule has 0 radical (unpaired) electrons. The lowest BCUT2D eigenvalue weighted by Gasteiger charge is -2.10. The van der Waals surface area contributed by atoms with E-state index in [1.54, 1.807) is 6.07 Å². The third-order valence-electron chi connectivity index (χ3n) is 3.13. The molecule has 0 unspecified atom stereocenters. The van der Waals surface area contributed by atoms with Crippen molar-refractivity contribution in [1.29, 1.82) is 0 Å². The molecule has 1 N–H and O–H groups in total. The lowest BCUT2D eigenvalue weighted by molar-refractivity contribution is -0.119. The molecule has 0 atom stereocenters. The highest BCUT2D eigenvalue weighted by atomic mass is 35.5. The smallest absolute Gasteiger partial charge is 0.338 e. The summed E-state index contributed by atoms with van der Waals surface area (Å²) in [4.78, 5) is 23.7. The van der Waals surface area contributed by atoms with Gasteiger partial charge < -0.3 is 10.1 Å². The Hall–Kier alpha value is -1.80. The molecule has 0 fully saturated rings. The number of carbonyl (C=O) groups excluding carboxylic acids is 2. The van der Waals surface area contributed by atoms with Gasteiger partial charge in [0, 0.05) is 6.26 Å². The lowest BCUT2D eigenvalue weighted by Crippen LogP contribution is -2.21. The van der Waals surface area contributed by atoms with E-state index in [9.17, 15) is 18.0 Å². The van der Waals surface area contributed by atoms with E-state index in [1.807, 2.05) is 0 Å². The summed E-state index contributed by atoms with van der Waals surface area (Å²) in [6, 6.07) is 8.33. The Morgan fingerprint density at radius 1 is 1.04 bits per heavy atom. The number of nitrogens with one attached hydrogen (secondary N) is 1. The van der Waals surface area contributed by atoms with Gasteiger partial charge in [-0.25, -0.2) is 13.2 Å². The van der Waals surface area contributed by atoms with Crippen LogP contribution in [0.1, 0.15) is 10.4 Å². The SMILES string of the molecule is CS(=O)(=O)c1cc(C(=O)OCC(=O)Nc2c(Cl)cccc2Cl)ccc1Cl. The number of halogens is 3. The zero-order valence-electron chi connectivity index (χ0n) is 13.3. The minimum atomic E-state index is -3.62. The van der Waals surface area contributed by atoms with E-state index in [2.05, 4.69) is 5.32 Å². The molecule has 0 saturated carbocycles. The first-order valence-corrected chi connectivity index (χ1v) is 10.0. The summed E-state index contributed by atoms with van der Waals surface area (Å²) in [5.41, 5.74) is 0.140. The van der Waals surface area contributed by atoms with Crippen LogP contribution in [0.25, 0.3) is 0 Å². The minimum absolute atomic E-state index is 0.0184. The number of para-hydroxylation sites is 1. The van der Waals surface area contributed by atoms with Crippen LogP contribution >= 0.6 is 34.8 Å². The first-order valence-electron chi connectivity index (χ1n) is 7.00. The number of anilines is 1. The van der Waals surface area contributed by atoms with Crippen molar-refractivity contribution >= 4 is 62.2 Å². The predicted molar refractivity (Wildman–Crippen MR) is 99.9 cm³/mol. The molecule has 138 valence electrons. The molecule has 2 aromatic rings. The van der Waals surface area contributed by atoms with Gasteiger partial charge in [-0.1, -0.05) is 40.9 Å². The molecule has 0 saturated heterocycles. The largest absolute Gasteiger partial charge is 0.452 e. The van der Waals surface area contributed by atoms with Crippen molar-refractivity contribution in [2.75, 3.05) is 18.2 Å². The monoisotopic (exact) mass is 435 g/mol. The van der Waals surface area contributed by atoms with Crippen LogP contribution in [0, 0.1) is 0 Å². The van der Waals surface area contributed by atoms with E-state index in [-0.39, 0.29) is 31.2 Å². The summed E-state index contributed by atoms with van der Waals surface area (Å²) in [5.74, 6) is -1.54. The zero-order valence-corrected chi connectivity index (χ0v) is 16.3. The molecule has 0 spiro atoms. The first kappa shape index (κ1) is 20.5. The second-order valence-corrected chi connectivity index (χ2v) is 8.34. The number of esters is 1. The molecule has 0 heterocycles. The van der Waals surface area contributed by atoms with Crippen LogP contribution in [0.2, 0.25) is 15.1 Å². The highest BCUT2D eigenvalue weighted by molar-refractivity contribution is 7.90. The van der Waals surface area contributed by atoms with Crippen molar-refractivity contribution in [3.05, 3.63) is 57.0 Å². The van der Waals surface area contributed by atoms with Crippen molar-refractivity contribution in [3.63, 3.8) is 0 Å². The number of hydrogen-bond acceptors (Lipinski definition) is 5. The fourth-order valence-corrected chi connectivity index (χ4v) is 3.71. The van der Waals surface area contributed by atoms with Gasteiger partial charge in [0.25, 0.3) is 5.91 Å². The normalized spacial score (nSPS) is 11.1. The highest BCUT2D eigenvalue weighted by Crippen LogP contribution is 2.29. The number of ether oxygens (including phenoxy) is 1. The quantitative estimate of drug-likeness (QED) is 0.719. The summed E-state index contributed by atoms with van der Waals surface area (Å²) in [5, 5.41) is 2.87. The molecule has 0 bridgehead atoms. The van der Waals surface area contributed by atoms with E-state index in [0.29, 0.717) is 0 Å². The van der Waals surface area contributed by atoms with Gasteiger partial charge in [-0.3, -0.25) is 4.79 Å². The van der Waals surface area contributed by atoms with Crippen molar-refractivity contribution in [3.8, 4) is 0 Å². The summed E-state index contributed by atoms with van der Waals surface area (Å²) < 4.78 is 28.1. The van der Waals surface area contributed by atoms with E-state index in [4.69, 9.17) is 39.5 Å². The standard InChI is InChI=1S/C16H12Cl3NO5S/c1-26(23,24)13-7-9(5-6-10(13)17)16(22)25-8-14(21)20-15-11(18)3-2-4-12(15)19/h2-7H,8H2,1H3,(H,20,21). The molecule has 10 heteroatoms. The van der Waals surface area contributed by atoms with Crippen molar-refractivity contribution in [2.24, 2.45) is 0 Å². The number of sulfone groups is 1. The van der Waals surface area contributed by atoms with E-state index in [1.165, 1.54) is 24.3 Å². The Morgan fingerprint density at radius 3 is 2.23 bits per heavy atom. The van der Waals surface area contributed by atoms with Gasteiger partial charge in [0.05, 0.1) is 31.2 Å². The van der Waals surface area contributed by atoms with E-state index < -0.39 is 28.3 Å². The third kappa shape index (κ3) is 5.11. The zero-order chi connectivity index (χ0) is 19.5. The van der Waals surface area contributed by atoms with Gasteiger partial charge in [0.15, 0.2) is 16.4 Å². The number of hydrogen-bond donors (Lipinski definition) is 1. The Morgan fingerprint density at radius 2 is 1.65 bits per heavy atom. The number of benzene rings is 2. The molecule has 0 aromatic heterocycles.